The Morgan fingerprint density at radius 2 is 1.81 bits per heavy atom. The lowest BCUT2D eigenvalue weighted by atomic mass is 9.98. The summed E-state index contributed by atoms with van der Waals surface area (Å²) >= 11 is 6.41. The van der Waals surface area contributed by atoms with Crippen LogP contribution in [0, 0.1) is 5.92 Å². The van der Waals surface area contributed by atoms with Crippen LogP contribution in [0.15, 0.2) is 53.6 Å². The average molecular weight is 454 g/mol. The summed E-state index contributed by atoms with van der Waals surface area (Å²) in [6.45, 7) is 0.00128. The predicted octanol–water partition coefficient (Wildman–Crippen LogP) is 4.67. The number of carbonyl (C=O) groups is 2. The highest BCUT2D eigenvalue weighted by Crippen LogP contribution is 2.35. The minimum absolute atomic E-state index is 0.00128. The molecule has 0 saturated heterocycles. The van der Waals surface area contributed by atoms with Crippen LogP contribution < -0.4 is 4.74 Å². The first-order chi connectivity index (χ1) is 15.5. The van der Waals surface area contributed by atoms with Crippen molar-refractivity contribution >= 4 is 29.1 Å². The van der Waals surface area contributed by atoms with Crippen molar-refractivity contribution in [2.75, 3.05) is 20.7 Å². The molecule has 32 heavy (non-hydrogen) atoms. The maximum Gasteiger partial charge on any atom is 0.262 e. The molecular weight excluding hydrogens is 426 g/mol. The Hall–Kier alpha value is -2.86. The van der Waals surface area contributed by atoms with Crippen LogP contribution in [0.4, 0.5) is 0 Å². The minimum Gasteiger partial charge on any atom is -0.497 e. The molecule has 0 radical (unpaired) electrons. The van der Waals surface area contributed by atoms with Crippen molar-refractivity contribution in [3.63, 3.8) is 0 Å². The average Bonchev–Trinajstić information content (AvgIpc) is 3.49. The summed E-state index contributed by atoms with van der Waals surface area (Å²) in [6.07, 6.45) is 4.52. The molecule has 168 valence electrons. The lowest BCUT2D eigenvalue weighted by Crippen LogP contribution is -2.41. The van der Waals surface area contributed by atoms with Crippen LogP contribution in [0.25, 0.3) is 0 Å². The maximum absolute atomic E-state index is 13.3. The van der Waals surface area contributed by atoms with Crippen molar-refractivity contribution in [2.45, 2.75) is 38.1 Å². The fourth-order valence-electron chi connectivity index (χ4n) is 4.52. The first-order valence-electron chi connectivity index (χ1n) is 11.0. The standard InChI is InChI=1S/C25H28ClN3O3/c1-28(25(31)18-7-3-4-8-18)16-24(30)29-23(17-11-13-19(32-2)14-12-17)15-22(27-29)20-9-5-6-10-21(20)26/h5-6,9-14,18,23H,3-4,7-8,15-16H2,1-2H3/t23-/m1/s1. The highest BCUT2D eigenvalue weighted by atomic mass is 35.5. The van der Waals surface area contributed by atoms with E-state index in [2.05, 4.69) is 5.10 Å². The molecule has 2 aromatic rings. The molecule has 1 fully saturated rings. The Labute approximate surface area is 193 Å². The van der Waals surface area contributed by atoms with Crippen molar-refractivity contribution < 1.29 is 14.3 Å². The molecule has 1 aliphatic heterocycles. The molecule has 0 N–H and O–H groups in total. The molecule has 4 rings (SSSR count). The fourth-order valence-corrected chi connectivity index (χ4v) is 4.77. The monoisotopic (exact) mass is 453 g/mol. The fraction of sp³-hybridized carbons (Fsp3) is 0.400. The largest absolute Gasteiger partial charge is 0.497 e. The Bertz CT molecular complexity index is 1020. The number of hydrogen-bond donors (Lipinski definition) is 0. The second kappa shape index (κ2) is 9.74. The van der Waals surface area contributed by atoms with Gasteiger partial charge in [0, 0.05) is 30.0 Å². The van der Waals surface area contributed by atoms with Gasteiger partial charge in [0.2, 0.25) is 5.91 Å². The van der Waals surface area contributed by atoms with Crippen molar-refractivity contribution in [3.8, 4) is 5.75 Å². The molecule has 2 aliphatic rings. The molecule has 0 unspecified atom stereocenters. The number of halogens is 1. The maximum atomic E-state index is 13.3. The van der Waals surface area contributed by atoms with Gasteiger partial charge in [0.05, 0.1) is 18.9 Å². The summed E-state index contributed by atoms with van der Waals surface area (Å²) < 4.78 is 5.27. The van der Waals surface area contributed by atoms with Gasteiger partial charge >= 0.3 is 0 Å². The number of nitrogens with zero attached hydrogens (tertiary/aromatic N) is 3. The SMILES string of the molecule is COc1ccc([C@H]2CC(c3ccccc3Cl)=NN2C(=O)CN(C)C(=O)C2CCCC2)cc1. The van der Waals surface area contributed by atoms with E-state index < -0.39 is 0 Å². The number of hydrazone groups is 1. The zero-order valence-corrected chi connectivity index (χ0v) is 19.2. The van der Waals surface area contributed by atoms with Crippen molar-refractivity contribution in [2.24, 2.45) is 11.0 Å². The lowest BCUT2D eigenvalue weighted by molar-refractivity contribution is -0.142. The van der Waals surface area contributed by atoms with Gasteiger partial charge < -0.3 is 9.64 Å². The van der Waals surface area contributed by atoms with E-state index in [1.807, 2.05) is 48.5 Å². The highest BCUT2D eigenvalue weighted by Gasteiger charge is 2.35. The lowest BCUT2D eigenvalue weighted by Gasteiger charge is -2.26. The number of rotatable bonds is 6. The van der Waals surface area contributed by atoms with Crippen molar-refractivity contribution in [3.05, 3.63) is 64.7 Å². The molecule has 2 aromatic carbocycles. The molecule has 1 aliphatic carbocycles. The van der Waals surface area contributed by atoms with Gasteiger partial charge in [0.1, 0.15) is 12.3 Å². The van der Waals surface area contributed by atoms with Crippen molar-refractivity contribution in [1.82, 2.24) is 9.91 Å². The minimum atomic E-state index is -0.269. The summed E-state index contributed by atoms with van der Waals surface area (Å²) in [6, 6.07) is 14.9. The number of methoxy groups -OCH3 is 1. The zero-order chi connectivity index (χ0) is 22.7. The van der Waals surface area contributed by atoms with Gasteiger partial charge in [-0.05, 0) is 36.6 Å². The Kier molecular flexibility index (Phi) is 6.80. The van der Waals surface area contributed by atoms with Gasteiger partial charge in [-0.3, -0.25) is 9.59 Å². The molecule has 7 heteroatoms. The third-order valence-corrected chi connectivity index (χ3v) is 6.63. The molecule has 6 nitrogen and oxygen atoms in total. The predicted molar refractivity (Wildman–Crippen MR) is 125 cm³/mol. The van der Waals surface area contributed by atoms with E-state index in [1.54, 1.807) is 19.1 Å². The summed E-state index contributed by atoms with van der Waals surface area (Å²) in [5, 5.41) is 6.79. The van der Waals surface area contributed by atoms with Crippen LogP contribution in [-0.4, -0.2) is 48.1 Å². The second-order valence-corrected chi connectivity index (χ2v) is 8.84. The Morgan fingerprint density at radius 1 is 1.12 bits per heavy atom. The molecule has 1 saturated carbocycles. The van der Waals surface area contributed by atoms with Gasteiger partial charge in [0.15, 0.2) is 0 Å². The number of ether oxygens (including phenoxy) is 1. The van der Waals surface area contributed by atoms with Crippen LogP contribution in [0.2, 0.25) is 5.02 Å². The van der Waals surface area contributed by atoms with Crippen molar-refractivity contribution in [1.29, 1.82) is 0 Å². The highest BCUT2D eigenvalue weighted by molar-refractivity contribution is 6.34. The van der Waals surface area contributed by atoms with E-state index >= 15 is 0 Å². The normalized spacial score (nSPS) is 18.5. The summed E-state index contributed by atoms with van der Waals surface area (Å²) in [5.74, 6) is 0.623. The first-order valence-corrected chi connectivity index (χ1v) is 11.4. The van der Waals surface area contributed by atoms with E-state index in [0.717, 1.165) is 48.3 Å². The van der Waals surface area contributed by atoms with Gasteiger partial charge in [0.25, 0.3) is 5.91 Å². The van der Waals surface area contributed by atoms with Gasteiger partial charge in [-0.2, -0.15) is 5.10 Å². The van der Waals surface area contributed by atoms with E-state index in [-0.39, 0.29) is 30.3 Å². The molecule has 0 bridgehead atoms. The zero-order valence-electron chi connectivity index (χ0n) is 18.5. The molecule has 1 atom stereocenters. The molecular formula is C25H28ClN3O3. The number of likely N-dealkylation sites (N-methyl/N-ethyl adjacent to an activating group) is 1. The molecule has 2 amide bonds. The number of hydrogen-bond acceptors (Lipinski definition) is 4. The van der Waals surface area contributed by atoms with Crippen LogP contribution in [-0.2, 0) is 9.59 Å². The van der Waals surface area contributed by atoms with Crippen LogP contribution in [0.3, 0.4) is 0 Å². The smallest absolute Gasteiger partial charge is 0.262 e. The summed E-state index contributed by atoms with van der Waals surface area (Å²) in [4.78, 5) is 27.6. The van der Waals surface area contributed by atoms with Gasteiger partial charge in [-0.25, -0.2) is 5.01 Å². The topological polar surface area (TPSA) is 62.2 Å². The summed E-state index contributed by atoms with van der Waals surface area (Å²) in [7, 11) is 3.33. The quantitative estimate of drug-likeness (QED) is 0.638. The molecule has 1 heterocycles. The Balaban J connectivity index is 1.58. The van der Waals surface area contributed by atoms with Gasteiger partial charge in [-0.1, -0.05) is 54.8 Å². The second-order valence-electron chi connectivity index (χ2n) is 8.43. The third kappa shape index (κ3) is 4.65. The summed E-state index contributed by atoms with van der Waals surface area (Å²) in [5.41, 5.74) is 2.53. The number of benzene rings is 2. The van der Waals surface area contributed by atoms with E-state index in [0.29, 0.717) is 11.4 Å². The van der Waals surface area contributed by atoms with Crippen LogP contribution in [0.1, 0.15) is 49.3 Å². The molecule has 0 aromatic heterocycles. The van der Waals surface area contributed by atoms with E-state index in [9.17, 15) is 9.59 Å². The molecule has 0 spiro atoms. The van der Waals surface area contributed by atoms with Gasteiger partial charge in [-0.15, -0.1) is 0 Å². The third-order valence-electron chi connectivity index (χ3n) is 6.30. The number of amides is 2. The number of carbonyl (C=O) groups excluding carboxylic acids is 2. The van der Waals surface area contributed by atoms with E-state index in [4.69, 9.17) is 16.3 Å². The Morgan fingerprint density at radius 3 is 2.47 bits per heavy atom. The van der Waals surface area contributed by atoms with Crippen LogP contribution >= 0.6 is 11.6 Å². The van der Waals surface area contributed by atoms with Crippen LogP contribution in [0.5, 0.6) is 5.75 Å². The first kappa shape index (κ1) is 22.3. The van der Waals surface area contributed by atoms with E-state index in [1.165, 1.54) is 5.01 Å².